The highest BCUT2D eigenvalue weighted by molar-refractivity contribution is 7.80. The molecule has 0 aromatic heterocycles. The Morgan fingerprint density at radius 2 is 2.08 bits per heavy atom. The lowest BCUT2D eigenvalue weighted by Gasteiger charge is -2.35. The normalized spacial score (nSPS) is 17.3. The van der Waals surface area contributed by atoms with Crippen molar-refractivity contribution in [3.8, 4) is 11.5 Å². The monoisotopic (exact) mass is 386 g/mol. The van der Waals surface area contributed by atoms with Gasteiger partial charge in [0, 0.05) is 12.7 Å². The lowest BCUT2D eigenvalue weighted by atomic mass is 9.95. The van der Waals surface area contributed by atoms with E-state index in [9.17, 15) is 13.6 Å². The van der Waals surface area contributed by atoms with Crippen LogP contribution in [-0.4, -0.2) is 43.4 Å². The van der Waals surface area contributed by atoms with Crippen LogP contribution in [0.2, 0.25) is 0 Å². The van der Waals surface area contributed by atoms with Crippen molar-refractivity contribution in [2.45, 2.75) is 26.5 Å². The molecular formula is C17H20F2N2O4S. The van der Waals surface area contributed by atoms with Gasteiger partial charge in [-0.3, -0.25) is 0 Å². The number of halogens is 2. The number of nitrogens with zero attached hydrogens (tertiary/aromatic N) is 1. The Bertz CT molecular complexity index is 739. The summed E-state index contributed by atoms with van der Waals surface area (Å²) in [6.07, 6.45) is 0. The topological polar surface area (TPSA) is 60.0 Å². The van der Waals surface area contributed by atoms with E-state index in [0.717, 1.165) is 0 Å². The first-order valence-corrected chi connectivity index (χ1v) is 8.25. The minimum absolute atomic E-state index is 0.0820. The van der Waals surface area contributed by atoms with E-state index in [1.54, 1.807) is 37.9 Å². The van der Waals surface area contributed by atoms with Gasteiger partial charge in [-0.05, 0) is 43.8 Å². The molecule has 1 heterocycles. The third-order valence-corrected chi connectivity index (χ3v) is 4.37. The summed E-state index contributed by atoms with van der Waals surface area (Å²) in [5.74, 6) is -0.444. The number of allylic oxidation sites excluding steroid dienone is 1. The quantitative estimate of drug-likeness (QED) is 0.596. The first-order valence-electron chi connectivity index (χ1n) is 7.85. The molecule has 9 heteroatoms. The molecule has 0 amide bonds. The molecule has 1 aromatic rings. The van der Waals surface area contributed by atoms with Gasteiger partial charge in [-0.1, -0.05) is 6.07 Å². The highest BCUT2D eigenvalue weighted by Crippen LogP contribution is 2.36. The molecule has 1 atom stereocenters. The second kappa shape index (κ2) is 8.31. The summed E-state index contributed by atoms with van der Waals surface area (Å²) in [4.78, 5) is 14.0. The van der Waals surface area contributed by atoms with E-state index in [1.807, 2.05) is 0 Å². The van der Waals surface area contributed by atoms with E-state index in [4.69, 9.17) is 21.7 Å². The minimum atomic E-state index is -2.97. The Kier molecular flexibility index (Phi) is 6.36. The van der Waals surface area contributed by atoms with Crippen molar-refractivity contribution < 1.29 is 27.8 Å². The van der Waals surface area contributed by atoms with Gasteiger partial charge in [0.25, 0.3) is 0 Å². The molecule has 0 bridgehead atoms. The van der Waals surface area contributed by atoms with E-state index in [1.165, 1.54) is 13.2 Å². The fourth-order valence-electron chi connectivity index (χ4n) is 2.63. The fourth-order valence-corrected chi connectivity index (χ4v) is 2.88. The van der Waals surface area contributed by atoms with E-state index in [2.05, 4.69) is 10.1 Å². The zero-order chi connectivity index (χ0) is 19.4. The maximum Gasteiger partial charge on any atom is 0.387 e. The molecule has 6 nitrogen and oxygen atoms in total. The average Bonchev–Trinajstić information content (AvgIpc) is 2.60. The van der Waals surface area contributed by atoms with Gasteiger partial charge in [0.1, 0.15) is 0 Å². The number of carbonyl (C=O) groups excluding carboxylic acids is 1. The summed E-state index contributed by atoms with van der Waals surface area (Å²) in [6, 6.07) is 3.89. The summed E-state index contributed by atoms with van der Waals surface area (Å²) < 4.78 is 39.9. The molecule has 142 valence electrons. The standard InChI is InChI=1S/C17H20F2N2O4S/c1-5-24-12-8-10(6-7-11(12)25-16(18)19)14-13(15(22)23-4)9(2)21(3)17(26)20-14/h6-8,14,16H,5H2,1-4H3,(H,20,26)/t14-/m1/s1. The summed E-state index contributed by atoms with van der Waals surface area (Å²) >= 11 is 5.30. The van der Waals surface area contributed by atoms with Crippen LogP contribution in [0.25, 0.3) is 0 Å². The number of rotatable bonds is 6. The largest absolute Gasteiger partial charge is 0.490 e. The van der Waals surface area contributed by atoms with E-state index in [0.29, 0.717) is 21.9 Å². The Morgan fingerprint density at radius 3 is 2.65 bits per heavy atom. The number of alkyl halides is 2. The number of benzene rings is 1. The first-order chi connectivity index (χ1) is 12.3. The van der Waals surface area contributed by atoms with Crippen molar-refractivity contribution in [3.63, 3.8) is 0 Å². The molecule has 1 aliphatic heterocycles. The number of hydrogen-bond donors (Lipinski definition) is 1. The lowest BCUT2D eigenvalue weighted by Crippen LogP contribution is -2.46. The van der Waals surface area contributed by atoms with E-state index in [-0.39, 0.29) is 18.1 Å². The molecule has 1 N–H and O–H groups in total. The summed E-state index contributed by atoms with van der Waals surface area (Å²) in [6.45, 7) is 0.776. The summed E-state index contributed by atoms with van der Waals surface area (Å²) in [5.41, 5.74) is 1.61. The van der Waals surface area contributed by atoms with Gasteiger partial charge in [-0.2, -0.15) is 8.78 Å². The number of carbonyl (C=O) groups is 1. The van der Waals surface area contributed by atoms with Gasteiger partial charge in [-0.15, -0.1) is 0 Å². The molecule has 1 aromatic carbocycles. The van der Waals surface area contributed by atoms with Crippen LogP contribution in [0, 0.1) is 0 Å². The third kappa shape index (κ3) is 4.04. The summed E-state index contributed by atoms with van der Waals surface area (Å²) in [7, 11) is 3.02. The SMILES string of the molecule is CCOc1cc([C@H]2NC(=S)N(C)C(C)=C2C(=O)OC)ccc1OC(F)F. The zero-order valence-electron chi connectivity index (χ0n) is 14.8. The number of ether oxygens (including phenoxy) is 3. The van der Waals surface area contributed by atoms with Gasteiger partial charge in [0.2, 0.25) is 0 Å². The van der Waals surface area contributed by atoms with Gasteiger partial charge >= 0.3 is 12.6 Å². The van der Waals surface area contributed by atoms with Gasteiger partial charge in [-0.25, -0.2) is 4.79 Å². The predicted octanol–water partition coefficient (Wildman–Crippen LogP) is 2.99. The number of nitrogens with one attached hydrogen (secondary N) is 1. The van der Waals surface area contributed by atoms with Gasteiger partial charge in [0.15, 0.2) is 16.6 Å². The summed E-state index contributed by atoms with van der Waals surface area (Å²) in [5, 5.41) is 3.48. The Balaban J connectivity index is 2.52. The number of esters is 1. The molecule has 0 radical (unpaired) electrons. The second-order valence-electron chi connectivity index (χ2n) is 5.45. The molecular weight excluding hydrogens is 366 g/mol. The Morgan fingerprint density at radius 1 is 1.38 bits per heavy atom. The van der Waals surface area contributed by atoms with Crippen molar-refractivity contribution in [1.82, 2.24) is 10.2 Å². The molecule has 0 unspecified atom stereocenters. The zero-order valence-corrected chi connectivity index (χ0v) is 15.7. The molecule has 0 fully saturated rings. The lowest BCUT2D eigenvalue weighted by molar-refractivity contribution is -0.136. The molecule has 0 saturated carbocycles. The molecule has 0 aliphatic carbocycles. The highest BCUT2D eigenvalue weighted by atomic mass is 32.1. The van der Waals surface area contributed by atoms with Crippen molar-refractivity contribution in [1.29, 1.82) is 0 Å². The average molecular weight is 386 g/mol. The molecule has 26 heavy (non-hydrogen) atoms. The van der Waals surface area contributed by atoms with Crippen LogP contribution in [0.3, 0.4) is 0 Å². The number of thiocarbonyl (C=S) groups is 1. The van der Waals surface area contributed by atoms with Crippen molar-refractivity contribution >= 4 is 23.3 Å². The molecule has 2 rings (SSSR count). The van der Waals surface area contributed by atoms with Crippen molar-refractivity contribution in [2.24, 2.45) is 0 Å². The fraction of sp³-hybridized carbons (Fsp3) is 0.412. The maximum atomic E-state index is 12.6. The van der Waals surface area contributed by atoms with Gasteiger partial charge < -0.3 is 24.4 Å². The van der Waals surface area contributed by atoms with Crippen molar-refractivity contribution in [3.05, 3.63) is 35.0 Å². The van der Waals surface area contributed by atoms with Crippen LogP contribution < -0.4 is 14.8 Å². The minimum Gasteiger partial charge on any atom is -0.490 e. The number of methoxy groups -OCH3 is 1. The van der Waals surface area contributed by atoms with Crippen LogP contribution in [-0.2, 0) is 9.53 Å². The highest BCUT2D eigenvalue weighted by Gasteiger charge is 2.33. The van der Waals surface area contributed by atoms with E-state index < -0.39 is 18.6 Å². The molecule has 1 aliphatic rings. The Labute approximate surface area is 155 Å². The Hall–Kier alpha value is -2.42. The smallest absolute Gasteiger partial charge is 0.387 e. The molecule has 0 saturated heterocycles. The van der Waals surface area contributed by atoms with Crippen LogP contribution >= 0.6 is 12.2 Å². The number of hydrogen-bond acceptors (Lipinski definition) is 5. The van der Waals surface area contributed by atoms with Crippen LogP contribution in [0.5, 0.6) is 11.5 Å². The van der Waals surface area contributed by atoms with Crippen molar-refractivity contribution in [2.75, 3.05) is 20.8 Å². The second-order valence-corrected chi connectivity index (χ2v) is 5.84. The maximum absolute atomic E-state index is 12.6. The first kappa shape index (κ1) is 19.9. The van der Waals surface area contributed by atoms with Crippen LogP contribution in [0.4, 0.5) is 8.78 Å². The van der Waals surface area contributed by atoms with E-state index >= 15 is 0 Å². The molecule has 0 spiro atoms. The third-order valence-electron chi connectivity index (χ3n) is 3.98. The van der Waals surface area contributed by atoms with Gasteiger partial charge in [0.05, 0.1) is 25.3 Å². The van der Waals surface area contributed by atoms with Crippen LogP contribution in [0.15, 0.2) is 29.5 Å². The predicted molar refractivity (Wildman–Crippen MR) is 95.2 cm³/mol. The van der Waals surface area contributed by atoms with Crippen LogP contribution in [0.1, 0.15) is 25.5 Å².